The van der Waals surface area contributed by atoms with Crippen LogP contribution in [0, 0.1) is 5.41 Å². The lowest BCUT2D eigenvalue weighted by molar-refractivity contribution is -0.116. The largest absolute Gasteiger partial charge is 0.444 e. The highest BCUT2D eigenvalue weighted by molar-refractivity contribution is 5.74. The molecule has 1 amide bonds. The van der Waals surface area contributed by atoms with Gasteiger partial charge in [0, 0.05) is 6.04 Å². The fraction of sp³-hybridized carbons (Fsp3) is 0.857. The zero-order chi connectivity index (χ0) is 14.7. The summed E-state index contributed by atoms with van der Waals surface area (Å²) in [7, 11) is 0. The van der Waals surface area contributed by atoms with E-state index in [1.165, 1.54) is 4.90 Å². The van der Waals surface area contributed by atoms with Gasteiger partial charge in [0.25, 0.3) is 0 Å². The van der Waals surface area contributed by atoms with Crippen LogP contribution in [0.1, 0.15) is 55.4 Å². The Labute approximate surface area is 111 Å². The molecule has 106 valence electrons. The van der Waals surface area contributed by atoms with Crippen molar-refractivity contribution in [3.63, 3.8) is 0 Å². The molecule has 0 bridgehead atoms. The first-order valence-electron chi connectivity index (χ1n) is 6.36. The molecule has 0 aliphatic carbocycles. The van der Waals surface area contributed by atoms with Crippen LogP contribution in [0.5, 0.6) is 0 Å². The maximum atomic E-state index is 12.2. The van der Waals surface area contributed by atoms with E-state index in [0.717, 1.165) is 6.29 Å². The Morgan fingerprint density at radius 2 is 1.56 bits per heavy atom. The minimum atomic E-state index is -0.560. The fourth-order valence-corrected chi connectivity index (χ4v) is 1.65. The lowest BCUT2D eigenvalue weighted by atomic mass is 9.86. The van der Waals surface area contributed by atoms with E-state index in [-0.39, 0.29) is 11.5 Å². The number of rotatable bonds is 3. The van der Waals surface area contributed by atoms with Crippen LogP contribution in [-0.4, -0.2) is 35.0 Å². The maximum Gasteiger partial charge on any atom is 0.411 e. The third-order valence-corrected chi connectivity index (χ3v) is 2.48. The minimum Gasteiger partial charge on any atom is -0.444 e. The third kappa shape index (κ3) is 5.07. The molecule has 4 heteroatoms. The lowest BCUT2D eigenvalue weighted by Crippen LogP contribution is -2.53. The molecule has 0 aliphatic rings. The molecule has 0 spiro atoms. The molecule has 1 unspecified atom stereocenters. The van der Waals surface area contributed by atoms with Crippen LogP contribution in [0.2, 0.25) is 0 Å². The van der Waals surface area contributed by atoms with Gasteiger partial charge in [0.2, 0.25) is 0 Å². The molecule has 4 nitrogen and oxygen atoms in total. The minimum absolute atomic E-state index is 0.0886. The van der Waals surface area contributed by atoms with E-state index in [0.29, 0.717) is 0 Å². The predicted octanol–water partition coefficient (Wildman–Crippen LogP) is 3.25. The van der Waals surface area contributed by atoms with Crippen LogP contribution < -0.4 is 0 Å². The van der Waals surface area contributed by atoms with Gasteiger partial charge in [-0.1, -0.05) is 20.8 Å². The quantitative estimate of drug-likeness (QED) is 0.729. The Morgan fingerprint density at radius 1 is 1.11 bits per heavy atom. The second-order valence-corrected chi connectivity index (χ2v) is 6.93. The van der Waals surface area contributed by atoms with Crippen molar-refractivity contribution in [2.45, 2.75) is 73.1 Å². The van der Waals surface area contributed by atoms with E-state index in [9.17, 15) is 9.59 Å². The van der Waals surface area contributed by atoms with Crippen LogP contribution in [0.4, 0.5) is 4.79 Å². The average Bonchev–Trinajstić information content (AvgIpc) is 2.07. The van der Waals surface area contributed by atoms with E-state index in [4.69, 9.17) is 4.74 Å². The van der Waals surface area contributed by atoms with Crippen molar-refractivity contribution in [3.05, 3.63) is 0 Å². The maximum absolute atomic E-state index is 12.2. The molecule has 0 aromatic heterocycles. The number of hydrogen-bond donors (Lipinski definition) is 0. The fourth-order valence-electron chi connectivity index (χ4n) is 1.65. The molecule has 0 aromatic carbocycles. The van der Waals surface area contributed by atoms with Gasteiger partial charge in [-0.25, -0.2) is 4.79 Å². The summed E-state index contributed by atoms with van der Waals surface area (Å²) in [5.41, 5.74) is -0.877. The highest BCUT2D eigenvalue weighted by Crippen LogP contribution is 2.26. The second kappa shape index (κ2) is 5.72. The number of aldehydes is 1. The van der Waals surface area contributed by atoms with Gasteiger partial charge < -0.3 is 9.53 Å². The summed E-state index contributed by atoms with van der Waals surface area (Å²) in [5.74, 6) is 0. The number of hydrogen-bond acceptors (Lipinski definition) is 3. The molecule has 18 heavy (non-hydrogen) atoms. The first-order valence-corrected chi connectivity index (χ1v) is 6.36. The van der Waals surface area contributed by atoms with Crippen LogP contribution in [0.15, 0.2) is 0 Å². The van der Waals surface area contributed by atoms with Crippen molar-refractivity contribution in [1.82, 2.24) is 4.90 Å². The molecule has 0 heterocycles. The number of ether oxygens (including phenoxy) is 1. The van der Waals surface area contributed by atoms with Crippen molar-refractivity contribution >= 4 is 12.4 Å². The first-order chi connectivity index (χ1) is 7.90. The van der Waals surface area contributed by atoms with Crippen LogP contribution >= 0.6 is 0 Å². The Kier molecular flexibility index (Phi) is 5.38. The summed E-state index contributed by atoms with van der Waals surface area (Å²) < 4.78 is 5.37. The molecular weight excluding hydrogens is 230 g/mol. The zero-order valence-corrected chi connectivity index (χ0v) is 12.9. The van der Waals surface area contributed by atoms with Gasteiger partial charge in [-0.3, -0.25) is 4.90 Å². The van der Waals surface area contributed by atoms with Gasteiger partial charge in [-0.15, -0.1) is 0 Å². The molecule has 0 radical (unpaired) electrons. The Balaban J connectivity index is 5.19. The van der Waals surface area contributed by atoms with Crippen LogP contribution in [-0.2, 0) is 9.53 Å². The van der Waals surface area contributed by atoms with Crippen LogP contribution in [0.3, 0.4) is 0 Å². The standard InChI is InChI=1S/C14H27NO3/c1-10(2)15(11(9-16)13(3,4)5)12(17)18-14(6,7)8/h9-11H,1-8H3. The highest BCUT2D eigenvalue weighted by Gasteiger charge is 2.37. The van der Waals surface area contributed by atoms with Gasteiger partial charge in [0.15, 0.2) is 0 Å². The molecule has 0 N–H and O–H groups in total. The van der Waals surface area contributed by atoms with E-state index in [2.05, 4.69) is 0 Å². The summed E-state index contributed by atoms with van der Waals surface area (Å²) in [6, 6.07) is -0.582. The van der Waals surface area contributed by atoms with E-state index in [1.807, 2.05) is 55.4 Å². The van der Waals surface area contributed by atoms with Gasteiger partial charge in [0.1, 0.15) is 11.9 Å². The Hall–Kier alpha value is -1.06. The van der Waals surface area contributed by atoms with Gasteiger partial charge >= 0.3 is 6.09 Å². The number of carbonyl (C=O) groups excluding carboxylic acids is 2. The zero-order valence-electron chi connectivity index (χ0n) is 12.9. The predicted molar refractivity (Wildman–Crippen MR) is 72.5 cm³/mol. The SMILES string of the molecule is CC(C)N(C(=O)OC(C)(C)C)C(C=O)C(C)(C)C. The lowest BCUT2D eigenvalue weighted by Gasteiger charge is -2.39. The summed E-state index contributed by atoms with van der Waals surface area (Å²) >= 11 is 0. The van der Waals surface area contributed by atoms with E-state index >= 15 is 0 Å². The molecule has 0 rings (SSSR count). The summed E-state index contributed by atoms with van der Waals surface area (Å²) in [4.78, 5) is 25.0. The van der Waals surface area contributed by atoms with E-state index in [1.54, 1.807) is 0 Å². The van der Waals surface area contributed by atoms with Gasteiger partial charge in [-0.2, -0.15) is 0 Å². The highest BCUT2D eigenvalue weighted by atomic mass is 16.6. The molecule has 0 saturated heterocycles. The third-order valence-electron chi connectivity index (χ3n) is 2.48. The van der Waals surface area contributed by atoms with Crippen molar-refractivity contribution in [1.29, 1.82) is 0 Å². The summed E-state index contributed by atoms with van der Waals surface area (Å²) in [6.07, 6.45) is 0.383. The van der Waals surface area contributed by atoms with E-state index < -0.39 is 17.7 Å². The molecule has 0 aliphatic heterocycles. The molecular formula is C14H27NO3. The second-order valence-electron chi connectivity index (χ2n) is 6.93. The smallest absolute Gasteiger partial charge is 0.411 e. The normalized spacial score (nSPS) is 14.3. The molecule has 1 atom stereocenters. The molecule has 0 saturated carbocycles. The van der Waals surface area contributed by atoms with Crippen molar-refractivity contribution in [2.24, 2.45) is 5.41 Å². The van der Waals surface area contributed by atoms with Crippen molar-refractivity contribution in [3.8, 4) is 0 Å². The van der Waals surface area contributed by atoms with Crippen LogP contribution in [0.25, 0.3) is 0 Å². The Bertz CT molecular complexity index is 297. The molecule has 0 aromatic rings. The topological polar surface area (TPSA) is 46.6 Å². The van der Waals surface area contributed by atoms with Gasteiger partial charge in [0.05, 0.1) is 6.04 Å². The number of amides is 1. The van der Waals surface area contributed by atoms with Crippen molar-refractivity contribution < 1.29 is 14.3 Å². The van der Waals surface area contributed by atoms with Crippen molar-refractivity contribution in [2.75, 3.05) is 0 Å². The number of carbonyl (C=O) groups is 2. The van der Waals surface area contributed by atoms with Gasteiger partial charge in [-0.05, 0) is 40.0 Å². The number of nitrogens with zero attached hydrogens (tertiary/aromatic N) is 1. The average molecular weight is 257 g/mol. The monoisotopic (exact) mass is 257 g/mol. The molecule has 0 fully saturated rings. The summed E-state index contributed by atoms with van der Waals surface area (Å²) in [6.45, 7) is 15.0. The first kappa shape index (κ1) is 16.9. The summed E-state index contributed by atoms with van der Waals surface area (Å²) in [5, 5.41) is 0. The Morgan fingerprint density at radius 3 is 1.78 bits per heavy atom.